The average Bonchev–Trinajstić information content (AvgIpc) is 2.59. The van der Waals surface area contributed by atoms with E-state index in [2.05, 4.69) is 5.32 Å². The van der Waals surface area contributed by atoms with E-state index < -0.39 is 34.5 Å². The quantitative estimate of drug-likeness (QED) is 0.632. The van der Waals surface area contributed by atoms with E-state index in [4.69, 9.17) is 4.74 Å². The van der Waals surface area contributed by atoms with E-state index in [0.717, 1.165) is 0 Å². The molecular weight excluding hydrogens is 374 g/mol. The molecule has 0 fully saturated rings. The van der Waals surface area contributed by atoms with Crippen molar-refractivity contribution in [2.24, 2.45) is 0 Å². The minimum atomic E-state index is -3.62. The number of ether oxygens (including phenoxy) is 1. The first-order chi connectivity index (χ1) is 12.6. The molecule has 10 heteroatoms. The highest BCUT2D eigenvalue weighted by molar-refractivity contribution is 7.89. The summed E-state index contributed by atoms with van der Waals surface area (Å²) in [5.41, 5.74) is 0.0907. The molecule has 1 rings (SSSR count). The fourth-order valence-corrected chi connectivity index (χ4v) is 3.61. The summed E-state index contributed by atoms with van der Waals surface area (Å²) < 4.78 is 30.9. The van der Waals surface area contributed by atoms with Crippen molar-refractivity contribution in [1.82, 2.24) is 14.9 Å². The fourth-order valence-electron chi connectivity index (χ4n) is 2.15. The van der Waals surface area contributed by atoms with Crippen LogP contribution in [0.15, 0.2) is 29.2 Å². The maximum Gasteiger partial charge on any atom is 0.338 e. The SMILES string of the molecule is CCN(CC)S(=O)(=O)c1ccc(C(=O)OCC(=O)NC(=O)NC(C)C)cc1. The Hall–Kier alpha value is -2.46. The molecule has 3 amide bonds. The van der Waals surface area contributed by atoms with Crippen LogP contribution in [-0.2, 0) is 19.6 Å². The number of carbonyl (C=O) groups excluding carboxylic acids is 3. The largest absolute Gasteiger partial charge is 0.452 e. The summed E-state index contributed by atoms with van der Waals surface area (Å²) in [6, 6.07) is 4.40. The van der Waals surface area contributed by atoms with Crippen LogP contribution < -0.4 is 10.6 Å². The van der Waals surface area contributed by atoms with Crippen molar-refractivity contribution in [2.75, 3.05) is 19.7 Å². The zero-order valence-electron chi connectivity index (χ0n) is 15.8. The number of nitrogens with zero attached hydrogens (tertiary/aromatic N) is 1. The molecule has 27 heavy (non-hydrogen) atoms. The Balaban J connectivity index is 2.67. The number of rotatable bonds is 8. The second-order valence-electron chi connectivity index (χ2n) is 5.87. The second-order valence-corrected chi connectivity index (χ2v) is 7.80. The molecule has 0 radical (unpaired) electrons. The third kappa shape index (κ3) is 6.65. The van der Waals surface area contributed by atoms with Gasteiger partial charge in [0.15, 0.2) is 6.61 Å². The zero-order valence-corrected chi connectivity index (χ0v) is 16.6. The number of nitrogens with one attached hydrogen (secondary N) is 2. The van der Waals surface area contributed by atoms with Crippen LogP contribution in [0.5, 0.6) is 0 Å². The van der Waals surface area contributed by atoms with Gasteiger partial charge in [0, 0.05) is 19.1 Å². The normalized spacial score (nSPS) is 11.3. The highest BCUT2D eigenvalue weighted by atomic mass is 32.2. The van der Waals surface area contributed by atoms with E-state index in [-0.39, 0.29) is 16.5 Å². The Morgan fingerprint density at radius 1 is 1.07 bits per heavy atom. The lowest BCUT2D eigenvalue weighted by molar-refractivity contribution is -0.123. The fraction of sp³-hybridized carbons (Fsp3) is 0.471. The van der Waals surface area contributed by atoms with Gasteiger partial charge in [0.1, 0.15) is 0 Å². The van der Waals surface area contributed by atoms with Crippen molar-refractivity contribution in [2.45, 2.75) is 38.6 Å². The van der Waals surface area contributed by atoms with E-state index in [9.17, 15) is 22.8 Å². The highest BCUT2D eigenvalue weighted by Crippen LogP contribution is 2.16. The molecule has 0 atom stereocenters. The van der Waals surface area contributed by atoms with Crippen molar-refractivity contribution >= 4 is 27.9 Å². The number of urea groups is 1. The van der Waals surface area contributed by atoms with Crippen molar-refractivity contribution in [1.29, 1.82) is 0 Å². The van der Waals surface area contributed by atoms with Crippen LogP contribution in [0.25, 0.3) is 0 Å². The van der Waals surface area contributed by atoms with Gasteiger partial charge in [-0.1, -0.05) is 13.8 Å². The zero-order chi connectivity index (χ0) is 20.6. The Morgan fingerprint density at radius 2 is 1.63 bits per heavy atom. The van der Waals surface area contributed by atoms with Gasteiger partial charge in [-0.05, 0) is 38.1 Å². The van der Waals surface area contributed by atoms with Crippen molar-refractivity contribution in [3.05, 3.63) is 29.8 Å². The van der Waals surface area contributed by atoms with Crippen LogP contribution in [0.3, 0.4) is 0 Å². The first-order valence-electron chi connectivity index (χ1n) is 8.49. The first kappa shape index (κ1) is 22.6. The highest BCUT2D eigenvalue weighted by Gasteiger charge is 2.22. The summed E-state index contributed by atoms with van der Waals surface area (Å²) in [7, 11) is -3.62. The smallest absolute Gasteiger partial charge is 0.338 e. The third-order valence-corrected chi connectivity index (χ3v) is 5.50. The van der Waals surface area contributed by atoms with E-state index in [1.165, 1.54) is 28.6 Å². The minimum absolute atomic E-state index is 0.0610. The summed E-state index contributed by atoms with van der Waals surface area (Å²) in [6.07, 6.45) is 0. The Bertz CT molecular complexity index is 770. The number of sulfonamides is 1. The molecule has 1 aromatic carbocycles. The second kappa shape index (κ2) is 10.0. The Labute approximate surface area is 159 Å². The lowest BCUT2D eigenvalue weighted by Gasteiger charge is -2.18. The number of benzene rings is 1. The minimum Gasteiger partial charge on any atom is -0.452 e. The molecule has 0 unspecified atom stereocenters. The van der Waals surface area contributed by atoms with Gasteiger partial charge >= 0.3 is 12.0 Å². The number of hydrogen-bond acceptors (Lipinski definition) is 6. The van der Waals surface area contributed by atoms with Gasteiger partial charge in [-0.15, -0.1) is 0 Å². The third-order valence-electron chi connectivity index (χ3n) is 3.44. The van der Waals surface area contributed by atoms with Gasteiger partial charge < -0.3 is 10.1 Å². The number of esters is 1. The van der Waals surface area contributed by atoms with Crippen LogP contribution in [-0.4, -0.2) is 56.4 Å². The van der Waals surface area contributed by atoms with Gasteiger partial charge in [0.25, 0.3) is 5.91 Å². The summed E-state index contributed by atoms with van der Waals surface area (Å²) >= 11 is 0. The molecule has 0 heterocycles. The first-order valence-corrected chi connectivity index (χ1v) is 9.93. The van der Waals surface area contributed by atoms with Crippen LogP contribution in [0.1, 0.15) is 38.1 Å². The predicted octanol–water partition coefficient (Wildman–Crippen LogP) is 1.11. The Kier molecular flexibility index (Phi) is 8.38. The molecule has 0 bridgehead atoms. The predicted molar refractivity (Wildman–Crippen MR) is 98.6 cm³/mol. The average molecular weight is 399 g/mol. The lowest BCUT2D eigenvalue weighted by atomic mass is 10.2. The standard InChI is InChI=1S/C17H25N3O6S/c1-5-20(6-2)27(24,25)14-9-7-13(8-10-14)16(22)26-11-15(21)19-17(23)18-12(3)4/h7-10,12H,5-6,11H2,1-4H3,(H2,18,19,21,23). The molecule has 0 saturated carbocycles. The lowest BCUT2D eigenvalue weighted by Crippen LogP contribution is -2.44. The monoisotopic (exact) mass is 399 g/mol. The molecule has 0 aliphatic rings. The van der Waals surface area contributed by atoms with Gasteiger partial charge in [-0.3, -0.25) is 10.1 Å². The number of amides is 3. The van der Waals surface area contributed by atoms with E-state index >= 15 is 0 Å². The maximum atomic E-state index is 12.4. The van der Waals surface area contributed by atoms with Crippen molar-refractivity contribution < 1.29 is 27.5 Å². The van der Waals surface area contributed by atoms with Crippen LogP contribution in [0, 0.1) is 0 Å². The summed E-state index contributed by atoms with van der Waals surface area (Å²) in [6.45, 7) is 6.97. The molecule has 0 aromatic heterocycles. The summed E-state index contributed by atoms with van der Waals surface area (Å²) in [5.74, 6) is -1.58. The van der Waals surface area contributed by atoms with Crippen molar-refractivity contribution in [3.63, 3.8) is 0 Å². The Morgan fingerprint density at radius 3 is 2.11 bits per heavy atom. The number of hydrogen-bond donors (Lipinski definition) is 2. The molecule has 0 saturated heterocycles. The van der Waals surface area contributed by atoms with Crippen LogP contribution >= 0.6 is 0 Å². The van der Waals surface area contributed by atoms with Gasteiger partial charge in [0.2, 0.25) is 10.0 Å². The molecule has 0 aliphatic carbocycles. The van der Waals surface area contributed by atoms with E-state index in [1.807, 2.05) is 5.32 Å². The van der Waals surface area contributed by atoms with Gasteiger partial charge in [-0.2, -0.15) is 4.31 Å². The topological polar surface area (TPSA) is 122 Å². The molecule has 2 N–H and O–H groups in total. The molecule has 150 valence electrons. The van der Waals surface area contributed by atoms with Gasteiger partial charge in [0.05, 0.1) is 10.5 Å². The van der Waals surface area contributed by atoms with E-state index in [0.29, 0.717) is 13.1 Å². The molecule has 9 nitrogen and oxygen atoms in total. The van der Waals surface area contributed by atoms with Crippen LogP contribution in [0.2, 0.25) is 0 Å². The molecule has 0 aliphatic heterocycles. The molecule has 0 spiro atoms. The number of imide groups is 1. The molecule has 1 aromatic rings. The summed E-state index contributed by atoms with van der Waals surface area (Å²) in [5, 5.41) is 4.48. The van der Waals surface area contributed by atoms with Crippen LogP contribution in [0.4, 0.5) is 4.79 Å². The van der Waals surface area contributed by atoms with Crippen molar-refractivity contribution in [3.8, 4) is 0 Å². The maximum absolute atomic E-state index is 12.4. The van der Waals surface area contributed by atoms with Gasteiger partial charge in [-0.25, -0.2) is 18.0 Å². The summed E-state index contributed by atoms with van der Waals surface area (Å²) in [4.78, 5) is 35.0. The molecular formula is C17H25N3O6S. The number of carbonyl (C=O) groups is 3. The van der Waals surface area contributed by atoms with E-state index in [1.54, 1.807) is 27.7 Å².